The highest BCUT2D eigenvalue weighted by molar-refractivity contribution is 6.23. The fraction of sp³-hybridized carbons (Fsp3) is 0.244. The van der Waals surface area contributed by atoms with Gasteiger partial charge in [0.15, 0.2) is 0 Å². The van der Waals surface area contributed by atoms with E-state index < -0.39 is 87.8 Å². The summed E-state index contributed by atoms with van der Waals surface area (Å²) in [6.45, 7) is 1.88. The van der Waals surface area contributed by atoms with Crippen molar-refractivity contribution in [2.75, 3.05) is 10.3 Å². The summed E-state index contributed by atoms with van der Waals surface area (Å²) in [5.74, 6) is -8.89. The zero-order valence-electron chi connectivity index (χ0n) is 31.0. The first-order chi connectivity index (χ1) is 28.0. The van der Waals surface area contributed by atoms with Gasteiger partial charge in [-0.1, -0.05) is 90.0 Å². The fourth-order valence-electron chi connectivity index (χ4n) is 9.97. The van der Waals surface area contributed by atoms with Gasteiger partial charge in [-0.3, -0.25) is 24.6 Å². The predicted molar refractivity (Wildman–Crippen MR) is 203 cm³/mol. The fourth-order valence-corrected chi connectivity index (χ4v) is 9.97. The minimum absolute atomic E-state index is 0.0530. The van der Waals surface area contributed by atoms with E-state index in [0.29, 0.717) is 50.2 Å². The van der Waals surface area contributed by atoms with E-state index in [1.165, 1.54) is 6.07 Å². The van der Waals surface area contributed by atoms with Gasteiger partial charge in [0.1, 0.15) is 5.75 Å². The summed E-state index contributed by atoms with van der Waals surface area (Å²) in [5, 5.41) is 13.0. The molecule has 59 heavy (non-hydrogen) atoms. The van der Waals surface area contributed by atoms with Gasteiger partial charge in [0.25, 0.3) is 11.8 Å². The number of hydrogen-bond acceptors (Lipinski definition) is 6. The number of hydrazine groups is 1. The van der Waals surface area contributed by atoms with Crippen molar-refractivity contribution in [1.29, 1.82) is 0 Å². The van der Waals surface area contributed by atoms with Crippen molar-refractivity contribution >= 4 is 45.8 Å². The van der Waals surface area contributed by atoms with Crippen LogP contribution in [0.1, 0.15) is 46.6 Å². The second-order valence-electron chi connectivity index (χ2n) is 15.6. The summed E-state index contributed by atoms with van der Waals surface area (Å²) in [5.41, 5.74) is 0.00505. The van der Waals surface area contributed by atoms with Crippen LogP contribution in [-0.2, 0) is 36.9 Å². The Balaban J connectivity index is 1.25. The van der Waals surface area contributed by atoms with Crippen molar-refractivity contribution in [3.05, 3.63) is 149 Å². The second kappa shape index (κ2) is 13.3. The molecule has 5 aromatic carbocycles. The number of carbonyl (C=O) groups is 4. The number of phenolic OH excluding ortho intramolecular Hbond substituents is 1. The second-order valence-corrected chi connectivity index (χ2v) is 15.6. The van der Waals surface area contributed by atoms with Crippen molar-refractivity contribution in [3.8, 4) is 5.75 Å². The standard InChI is InChI=1S/C45H33F6N3O5/c1-23-11-13-27(14-12-23)52-54-40(57)35-22-34-32(15-16-33-37(34)41(58)53(39(33)56)28-20-25(44(46,47)48)19-26(21-28)45(49,50)51)38(43(35,42(54)59)24-7-3-2-4-8-24)31-17-18-36(55)30-10-6-5-9-29(30)31/h2-15,17-21,33-35,37-38,52,55H,16,22H2,1H3. The van der Waals surface area contributed by atoms with E-state index in [-0.39, 0.29) is 24.7 Å². The summed E-state index contributed by atoms with van der Waals surface area (Å²) in [4.78, 5) is 59.7. The van der Waals surface area contributed by atoms with Crippen LogP contribution in [0.5, 0.6) is 5.75 Å². The van der Waals surface area contributed by atoms with Gasteiger partial charge in [-0.2, -0.15) is 31.4 Å². The smallest absolute Gasteiger partial charge is 0.416 e. The molecule has 2 saturated heterocycles. The molecule has 300 valence electrons. The quantitative estimate of drug-likeness (QED) is 0.104. The van der Waals surface area contributed by atoms with Gasteiger partial charge in [0, 0.05) is 11.3 Å². The number of aromatic hydroxyl groups is 1. The van der Waals surface area contributed by atoms with E-state index in [2.05, 4.69) is 5.43 Å². The highest BCUT2D eigenvalue weighted by Crippen LogP contribution is 2.65. The Bertz CT molecular complexity index is 2590. The lowest BCUT2D eigenvalue weighted by atomic mass is 9.49. The third-order valence-corrected chi connectivity index (χ3v) is 12.5. The van der Waals surface area contributed by atoms with Gasteiger partial charge in [-0.15, -0.1) is 0 Å². The van der Waals surface area contributed by atoms with Crippen molar-refractivity contribution in [2.45, 2.75) is 43.5 Å². The number of halogens is 6. The SMILES string of the molecule is Cc1ccc(NN2C(=O)C3CC4C(=CCC5C(=O)N(c6cc(C(F)(F)F)cc(C(F)(F)F)c6)C(=O)C54)C(c4ccc(O)c5ccccc45)C3(c3ccccc3)C2=O)cc1. The number of carbonyl (C=O) groups excluding carboxylic acids is 4. The van der Waals surface area contributed by atoms with Gasteiger partial charge in [-0.05, 0) is 78.6 Å². The molecule has 6 unspecified atom stereocenters. The van der Waals surface area contributed by atoms with E-state index >= 15 is 4.79 Å². The first kappa shape index (κ1) is 38.1. The molecule has 4 aliphatic rings. The molecule has 2 N–H and O–H groups in total. The summed E-state index contributed by atoms with van der Waals surface area (Å²) < 4.78 is 83.9. The molecule has 4 amide bonds. The van der Waals surface area contributed by atoms with Crippen molar-refractivity contribution in [2.24, 2.45) is 23.7 Å². The summed E-state index contributed by atoms with van der Waals surface area (Å²) in [7, 11) is 0. The molecule has 2 aliphatic heterocycles. The number of fused-ring (bicyclic) bond motifs is 5. The Labute approximate surface area is 332 Å². The number of imide groups is 2. The zero-order valence-corrected chi connectivity index (χ0v) is 31.0. The molecule has 9 rings (SSSR count). The molecular weight excluding hydrogens is 776 g/mol. The number of nitrogens with one attached hydrogen (secondary N) is 1. The molecule has 6 atom stereocenters. The number of anilines is 2. The number of aryl methyl sites for hydroxylation is 1. The van der Waals surface area contributed by atoms with Crippen LogP contribution < -0.4 is 10.3 Å². The highest BCUT2D eigenvalue weighted by Gasteiger charge is 2.70. The van der Waals surface area contributed by atoms with Gasteiger partial charge in [-0.25, -0.2) is 4.90 Å². The molecule has 8 nitrogen and oxygen atoms in total. The maximum Gasteiger partial charge on any atom is 0.416 e. The molecule has 0 bridgehead atoms. The number of amides is 4. The molecule has 1 saturated carbocycles. The Hall–Kier alpha value is -6.44. The average molecular weight is 810 g/mol. The van der Waals surface area contributed by atoms with Crippen LogP contribution >= 0.6 is 0 Å². The average Bonchev–Trinajstić information content (AvgIpc) is 3.59. The number of phenols is 1. The third-order valence-electron chi connectivity index (χ3n) is 12.5. The summed E-state index contributed by atoms with van der Waals surface area (Å²) >= 11 is 0. The van der Waals surface area contributed by atoms with E-state index in [4.69, 9.17) is 0 Å². The van der Waals surface area contributed by atoms with E-state index in [1.807, 2.05) is 6.92 Å². The Morgan fingerprint density at radius 1 is 0.712 bits per heavy atom. The van der Waals surface area contributed by atoms with Crippen molar-refractivity contribution in [3.63, 3.8) is 0 Å². The first-order valence-electron chi connectivity index (χ1n) is 18.9. The van der Waals surface area contributed by atoms with Crippen molar-refractivity contribution in [1.82, 2.24) is 5.01 Å². The normalized spacial score (nSPS) is 25.5. The molecular formula is C45H33F6N3O5. The summed E-state index contributed by atoms with van der Waals surface area (Å²) in [6, 6.07) is 26.4. The minimum Gasteiger partial charge on any atom is -0.507 e. The lowest BCUT2D eigenvalue weighted by Crippen LogP contribution is -2.53. The van der Waals surface area contributed by atoms with Gasteiger partial charge in [0.05, 0.1) is 45.7 Å². The molecule has 0 aromatic heterocycles. The van der Waals surface area contributed by atoms with Crippen LogP contribution in [0.25, 0.3) is 10.8 Å². The van der Waals surface area contributed by atoms with Crippen LogP contribution in [0.2, 0.25) is 0 Å². The maximum absolute atomic E-state index is 15.5. The van der Waals surface area contributed by atoms with Crippen LogP contribution in [0, 0.1) is 30.6 Å². The molecule has 5 aromatic rings. The van der Waals surface area contributed by atoms with Gasteiger partial charge < -0.3 is 5.11 Å². The number of nitrogens with zero attached hydrogens (tertiary/aromatic N) is 2. The lowest BCUT2D eigenvalue weighted by molar-refractivity contribution is -0.143. The summed E-state index contributed by atoms with van der Waals surface area (Å²) in [6.07, 6.45) is -9.02. The largest absolute Gasteiger partial charge is 0.507 e. The minimum atomic E-state index is -5.23. The lowest BCUT2D eigenvalue weighted by Gasteiger charge is -2.51. The number of hydrogen-bond donors (Lipinski definition) is 2. The monoisotopic (exact) mass is 809 g/mol. The number of rotatable bonds is 5. The molecule has 14 heteroatoms. The van der Waals surface area contributed by atoms with Crippen LogP contribution in [-0.4, -0.2) is 33.7 Å². The highest BCUT2D eigenvalue weighted by atomic mass is 19.4. The third kappa shape index (κ3) is 5.74. The molecule has 2 aliphatic carbocycles. The van der Waals surface area contributed by atoms with Gasteiger partial charge in [0.2, 0.25) is 11.8 Å². The van der Waals surface area contributed by atoms with E-state index in [9.17, 15) is 45.8 Å². The number of allylic oxidation sites excluding steroid dienone is 2. The maximum atomic E-state index is 15.5. The Kier molecular flexibility index (Phi) is 8.59. The van der Waals surface area contributed by atoms with Crippen LogP contribution in [0.4, 0.5) is 37.7 Å². The van der Waals surface area contributed by atoms with E-state index in [0.717, 1.165) is 10.6 Å². The Morgan fingerprint density at radius 3 is 1.98 bits per heavy atom. The predicted octanol–water partition coefficient (Wildman–Crippen LogP) is 9.08. The van der Waals surface area contributed by atoms with E-state index in [1.54, 1.807) is 91.0 Å². The topological polar surface area (TPSA) is 107 Å². The molecule has 3 fully saturated rings. The van der Waals surface area contributed by atoms with Gasteiger partial charge >= 0.3 is 12.4 Å². The van der Waals surface area contributed by atoms with Crippen LogP contribution in [0.3, 0.4) is 0 Å². The molecule has 2 heterocycles. The zero-order chi connectivity index (χ0) is 41.8. The van der Waals surface area contributed by atoms with Crippen LogP contribution in [0.15, 0.2) is 121 Å². The molecule has 0 spiro atoms. The van der Waals surface area contributed by atoms with Crippen molar-refractivity contribution < 1.29 is 50.6 Å². The number of benzene rings is 5. The first-order valence-corrected chi connectivity index (χ1v) is 18.9. The Morgan fingerprint density at radius 2 is 1.34 bits per heavy atom. The number of alkyl halides is 6. The molecule has 0 radical (unpaired) electrons.